The van der Waals surface area contributed by atoms with Crippen molar-refractivity contribution in [3.8, 4) is 0 Å². The van der Waals surface area contributed by atoms with Crippen LogP contribution in [-0.4, -0.2) is 59.1 Å². The Bertz CT molecular complexity index is 1320. The quantitative estimate of drug-likeness (QED) is 0.473. The molecule has 0 spiro atoms. The minimum absolute atomic E-state index is 0.00174. The van der Waals surface area contributed by atoms with E-state index in [1.807, 2.05) is 31.4 Å². The number of hydrogen-bond donors (Lipinski definition) is 0. The second kappa shape index (κ2) is 9.52. The minimum atomic E-state index is -3.62. The maximum Gasteiger partial charge on any atom is 0.340 e. The summed E-state index contributed by atoms with van der Waals surface area (Å²) in [5, 5.41) is 0. The fourth-order valence-electron chi connectivity index (χ4n) is 4.71. The number of fused-ring (bicyclic) bond motifs is 1. The smallest absolute Gasteiger partial charge is 0.340 e. The number of aryl methyl sites for hydroxylation is 2. The lowest BCUT2D eigenvalue weighted by Crippen LogP contribution is -2.40. The summed E-state index contributed by atoms with van der Waals surface area (Å²) >= 11 is 0. The molecule has 3 aromatic rings. The van der Waals surface area contributed by atoms with Gasteiger partial charge in [0.25, 0.3) is 0 Å². The summed E-state index contributed by atoms with van der Waals surface area (Å²) in [6, 6.07) is 7.06. The normalized spacial score (nSPS) is 15.4. The van der Waals surface area contributed by atoms with E-state index in [9.17, 15) is 13.2 Å². The van der Waals surface area contributed by atoms with Gasteiger partial charge in [0, 0.05) is 37.1 Å². The highest BCUT2D eigenvalue weighted by Gasteiger charge is 2.27. The SMILES string of the molecule is CCn1c(COC(=O)c2cc(C)n(C(C)C)c2C)nc2cc(S(=O)(=O)N3CCOCC3)ccc21. The van der Waals surface area contributed by atoms with Crippen LogP contribution in [0.3, 0.4) is 0 Å². The van der Waals surface area contributed by atoms with Gasteiger partial charge in [-0.25, -0.2) is 18.2 Å². The highest BCUT2D eigenvalue weighted by atomic mass is 32.2. The number of aromatic nitrogens is 3. The molecule has 9 nitrogen and oxygen atoms in total. The molecule has 0 saturated carbocycles. The zero-order valence-corrected chi connectivity index (χ0v) is 21.2. The molecule has 10 heteroatoms. The first kappa shape index (κ1) is 24.4. The van der Waals surface area contributed by atoms with E-state index in [4.69, 9.17) is 9.47 Å². The molecule has 4 rings (SSSR count). The number of sulfonamides is 1. The molecule has 1 fully saturated rings. The first-order valence-corrected chi connectivity index (χ1v) is 13.0. The van der Waals surface area contributed by atoms with Gasteiger partial charge < -0.3 is 18.6 Å². The third kappa shape index (κ3) is 4.37. The van der Waals surface area contributed by atoms with Crippen molar-refractivity contribution in [3.63, 3.8) is 0 Å². The highest BCUT2D eigenvalue weighted by Crippen LogP contribution is 2.25. The number of hydrogen-bond acceptors (Lipinski definition) is 6. The first-order valence-electron chi connectivity index (χ1n) is 11.6. The standard InChI is InChI=1S/C24H32N4O5S/c1-6-27-22-8-7-19(34(30,31)26-9-11-32-12-10-26)14-21(22)25-23(27)15-33-24(29)20-13-17(4)28(16(2)3)18(20)5/h7-8,13-14,16H,6,9-12,15H2,1-5H3. The molecule has 1 aliphatic heterocycles. The Hall–Kier alpha value is -2.69. The number of benzene rings is 1. The molecule has 34 heavy (non-hydrogen) atoms. The lowest BCUT2D eigenvalue weighted by Gasteiger charge is -2.26. The van der Waals surface area contributed by atoms with Crippen molar-refractivity contribution in [1.29, 1.82) is 0 Å². The molecule has 2 aromatic heterocycles. The molecule has 0 bridgehead atoms. The predicted molar refractivity (Wildman–Crippen MR) is 128 cm³/mol. The number of ether oxygens (including phenoxy) is 2. The maximum atomic E-state index is 13.0. The van der Waals surface area contributed by atoms with E-state index in [2.05, 4.69) is 23.4 Å². The lowest BCUT2D eigenvalue weighted by molar-refractivity contribution is 0.0457. The van der Waals surface area contributed by atoms with Crippen molar-refractivity contribution in [2.75, 3.05) is 26.3 Å². The summed E-state index contributed by atoms with van der Waals surface area (Å²) in [5.74, 6) is 0.176. The average molecular weight is 489 g/mol. The minimum Gasteiger partial charge on any atom is -0.454 e. The number of carbonyl (C=O) groups excluding carboxylic acids is 1. The molecular formula is C24H32N4O5S. The van der Waals surface area contributed by atoms with Gasteiger partial charge in [0.05, 0.1) is 34.7 Å². The van der Waals surface area contributed by atoms with Crippen LogP contribution in [-0.2, 0) is 32.6 Å². The van der Waals surface area contributed by atoms with Gasteiger partial charge in [-0.2, -0.15) is 4.31 Å². The van der Waals surface area contributed by atoms with Crippen LogP contribution >= 0.6 is 0 Å². The summed E-state index contributed by atoms with van der Waals surface area (Å²) in [6.07, 6.45) is 0. The van der Waals surface area contributed by atoms with Crippen LogP contribution in [0.2, 0.25) is 0 Å². The van der Waals surface area contributed by atoms with Crippen LogP contribution in [0.5, 0.6) is 0 Å². The van der Waals surface area contributed by atoms with Crippen LogP contribution in [0.25, 0.3) is 11.0 Å². The first-order chi connectivity index (χ1) is 16.1. The van der Waals surface area contributed by atoms with Crippen molar-refractivity contribution in [3.05, 3.63) is 47.0 Å². The third-order valence-corrected chi connectivity index (χ3v) is 8.17. The molecule has 0 N–H and O–H groups in total. The van der Waals surface area contributed by atoms with Crippen molar-refractivity contribution in [2.24, 2.45) is 0 Å². The molecule has 0 unspecified atom stereocenters. The number of esters is 1. The summed E-state index contributed by atoms with van der Waals surface area (Å²) < 4.78 is 42.5. The van der Waals surface area contributed by atoms with E-state index < -0.39 is 16.0 Å². The van der Waals surface area contributed by atoms with Gasteiger partial charge in [-0.3, -0.25) is 0 Å². The molecule has 0 radical (unpaired) electrons. The number of nitrogens with zero attached hydrogens (tertiary/aromatic N) is 4. The number of rotatable bonds is 7. The van der Waals surface area contributed by atoms with Gasteiger partial charge in [-0.15, -0.1) is 0 Å². The van der Waals surface area contributed by atoms with E-state index in [1.165, 1.54) is 4.31 Å². The topological polar surface area (TPSA) is 95.7 Å². The Morgan fingerprint density at radius 3 is 2.50 bits per heavy atom. The van der Waals surface area contributed by atoms with E-state index in [0.29, 0.717) is 49.8 Å². The fourth-order valence-corrected chi connectivity index (χ4v) is 6.13. The van der Waals surface area contributed by atoms with Crippen LogP contribution in [0.15, 0.2) is 29.2 Å². The van der Waals surface area contributed by atoms with Crippen LogP contribution < -0.4 is 0 Å². The van der Waals surface area contributed by atoms with Crippen molar-refractivity contribution in [2.45, 2.75) is 58.7 Å². The second-order valence-electron chi connectivity index (χ2n) is 8.76. The number of imidazole rings is 1. The zero-order valence-electron chi connectivity index (χ0n) is 20.4. The Morgan fingerprint density at radius 1 is 1.18 bits per heavy atom. The summed E-state index contributed by atoms with van der Waals surface area (Å²) in [6.45, 7) is 12.1. The van der Waals surface area contributed by atoms with Gasteiger partial charge in [-0.1, -0.05) is 0 Å². The van der Waals surface area contributed by atoms with Gasteiger partial charge in [-0.05, 0) is 58.9 Å². The molecule has 1 aliphatic rings. The van der Waals surface area contributed by atoms with Crippen LogP contribution in [0.4, 0.5) is 0 Å². The lowest BCUT2D eigenvalue weighted by atomic mass is 10.2. The zero-order chi connectivity index (χ0) is 24.6. The van der Waals surface area contributed by atoms with E-state index in [1.54, 1.807) is 18.2 Å². The largest absolute Gasteiger partial charge is 0.454 e. The summed E-state index contributed by atoms with van der Waals surface area (Å²) in [5.41, 5.74) is 3.78. The number of morpholine rings is 1. The molecule has 0 amide bonds. The molecule has 0 atom stereocenters. The van der Waals surface area contributed by atoms with E-state index in [-0.39, 0.29) is 17.5 Å². The Balaban J connectivity index is 1.59. The molecule has 3 heterocycles. The average Bonchev–Trinajstić information content (AvgIpc) is 3.33. The van der Waals surface area contributed by atoms with Gasteiger partial charge in [0.1, 0.15) is 12.4 Å². The van der Waals surface area contributed by atoms with Crippen molar-refractivity contribution >= 4 is 27.0 Å². The van der Waals surface area contributed by atoms with Gasteiger partial charge in [0.2, 0.25) is 10.0 Å². The van der Waals surface area contributed by atoms with Gasteiger partial charge >= 0.3 is 5.97 Å². The maximum absolute atomic E-state index is 13.0. The van der Waals surface area contributed by atoms with E-state index in [0.717, 1.165) is 16.9 Å². The Labute approximate surface area is 200 Å². The monoisotopic (exact) mass is 488 g/mol. The van der Waals surface area contributed by atoms with Crippen LogP contribution in [0.1, 0.15) is 54.4 Å². The Kier molecular flexibility index (Phi) is 6.84. The van der Waals surface area contributed by atoms with E-state index >= 15 is 0 Å². The second-order valence-corrected chi connectivity index (χ2v) is 10.7. The van der Waals surface area contributed by atoms with Gasteiger partial charge in [0.15, 0.2) is 0 Å². The molecule has 1 saturated heterocycles. The molecule has 184 valence electrons. The number of carbonyl (C=O) groups is 1. The summed E-state index contributed by atoms with van der Waals surface area (Å²) in [4.78, 5) is 17.7. The molecular weight excluding hydrogens is 456 g/mol. The van der Waals surface area contributed by atoms with Crippen LogP contribution in [0, 0.1) is 13.8 Å². The van der Waals surface area contributed by atoms with Crippen molar-refractivity contribution in [1.82, 2.24) is 18.4 Å². The predicted octanol–water partition coefficient (Wildman–Crippen LogP) is 3.43. The Morgan fingerprint density at radius 2 is 1.88 bits per heavy atom. The summed E-state index contributed by atoms with van der Waals surface area (Å²) in [7, 11) is -3.62. The third-order valence-electron chi connectivity index (χ3n) is 6.28. The van der Waals surface area contributed by atoms with Crippen molar-refractivity contribution < 1.29 is 22.7 Å². The molecule has 1 aromatic carbocycles. The highest BCUT2D eigenvalue weighted by molar-refractivity contribution is 7.89. The fraction of sp³-hybridized carbons (Fsp3) is 0.500. The molecule has 0 aliphatic carbocycles.